The molecule has 5 rings (SSSR count). The van der Waals surface area contributed by atoms with Crippen LogP contribution in [0.5, 0.6) is 11.5 Å². The largest absolute Gasteiger partial charge is 0.497 e. The zero-order valence-electron chi connectivity index (χ0n) is 23.2. The van der Waals surface area contributed by atoms with E-state index in [0.717, 1.165) is 34.7 Å². The number of methoxy groups -OCH3 is 1. The SMILES string of the molecule is CCc1ccc([C@H]2C(C(=O)OCCOc3ccccc3)=C(C)NC3=C2C(=O)C[C@@H](c2ccc(OC)cc2)C3)cc1. The molecule has 0 bridgehead atoms. The van der Waals surface area contributed by atoms with Gasteiger partial charge in [0.15, 0.2) is 5.78 Å². The summed E-state index contributed by atoms with van der Waals surface area (Å²) in [5.74, 6) is 0.662. The Kier molecular flexibility index (Phi) is 8.34. The number of esters is 1. The van der Waals surface area contributed by atoms with Crippen molar-refractivity contribution in [1.82, 2.24) is 5.32 Å². The average Bonchev–Trinajstić information content (AvgIpc) is 2.99. The number of nitrogens with one attached hydrogen (secondary N) is 1. The highest BCUT2D eigenvalue weighted by Crippen LogP contribution is 2.45. The summed E-state index contributed by atoms with van der Waals surface area (Å²) < 4.78 is 16.7. The molecule has 0 unspecified atom stereocenters. The molecule has 1 aliphatic heterocycles. The number of ether oxygens (including phenoxy) is 3. The Labute approximate surface area is 235 Å². The van der Waals surface area contributed by atoms with E-state index in [2.05, 4.69) is 24.4 Å². The number of benzene rings is 3. The van der Waals surface area contributed by atoms with Gasteiger partial charge in [-0.3, -0.25) is 4.79 Å². The van der Waals surface area contributed by atoms with Crippen LogP contribution in [0.25, 0.3) is 0 Å². The van der Waals surface area contributed by atoms with Crippen LogP contribution in [0, 0.1) is 0 Å². The molecule has 0 spiro atoms. The van der Waals surface area contributed by atoms with Crippen molar-refractivity contribution in [2.45, 2.75) is 44.9 Å². The van der Waals surface area contributed by atoms with Crippen molar-refractivity contribution in [2.24, 2.45) is 0 Å². The third kappa shape index (κ3) is 5.81. The maximum Gasteiger partial charge on any atom is 0.336 e. The number of allylic oxidation sites excluding steroid dienone is 3. The van der Waals surface area contributed by atoms with Gasteiger partial charge < -0.3 is 19.5 Å². The molecule has 0 aromatic heterocycles. The van der Waals surface area contributed by atoms with E-state index in [1.54, 1.807) is 7.11 Å². The molecule has 206 valence electrons. The van der Waals surface area contributed by atoms with Crippen LogP contribution in [-0.4, -0.2) is 32.1 Å². The van der Waals surface area contributed by atoms with Crippen LogP contribution in [0.2, 0.25) is 0 Å². The quantitative estimate of drug-likeness (QED) is 0.257. The summed E-state index contributed by atoms with van der Waals surface area (Å²) >= 11 is 0. The van der Waals surface area contributed by atoms with E-state index in [1.807, 2.05) is 73.7 Å². The van der Waals surface area contributed by atoms with Gasteiger partial charge in [-0.1, -0.05) is 61.5 Å². The number of hydrogen-bond acceptors (Lipinski definition) is 6. The molecule has 40 heavy (non-hydrogen) atoms. The summed E-state index contributed by atoms with van der Waals surface area (Å²) in [5.41, 5.74) is 5.92. The van der Waals surface area contributed by atoms with E-state index in [4.69, 9.17) is 14.2 Å². The fourth-order valence-electron chi connectivity index (χ4n) is 5.59. The maximum atomic E-state index is 13.8. The molecule has 2 aliphatic rings. The summed E-state index contributed by atoms with van der Waals surface area (Å²) in [4.78, 5) is 27.3. The zero-order chi connectivity index (χ0) is 28.1. The second-order valence-electron chi connectivity index (χ2n) is 10.2. The van der Waals surface area contributed by atoms with E-state index < -0.39 is 11.9 Å². The van der Waals surface area contributed by atoms with E-state index in [-0.39, 0.29) is 24.9 Å². The van der Waals surface area contributed by atoms with Gasteiger partial charge in [0.2, 0.25) is 0 Å². The monoisotopic (exact) mass is 537 g/mol. The van der Waals surface area contributed by atoms with Crippen LogP contribution >= 0.6 is 0 Å². The van der Waals surface area contributed by atoms with Crippen molar-refractivity contribution in [1.29, 1.82) is 0 Å². The summed E-state index contributed by atoms with van der Waals surface area (Å²) in [7, 11) is 1.64. The topological polar surface area (TPSA) is 73.9 Å². The highest BCUT2D eigenvalue weighted by atomic mass is 16.6. The van der Waals surface area contributed by atoms with Crippen molar-refractivity contribution >= 4 is 11.8 Å². The van der Waals surface area contributed by atoms with Gasteiger partial charge >= 0.3 is 5.97 Å². The molecular weight excluding hydrogens is 502 g/mol. The first kappa shape index (κ1) is 27.3. The third-order valence-electron chi connectivity index (χ3n) is 7.68. The van der Waals surface area contributed by atoms with Crippen molar-refractivity contribution in [3.8, 4) is 11.5 Å². The van der Waals surface area contributed by atoms with Gasteiger partial charge in [0.1, 0.15) is 24.7 Å². The Bertz CT molecular complexity index is 1420. The van der Waals surface area contributed by atoms with Crippen LogP contribution in [-0.2, 0) is 20.7 Å². The fraction of sp³-hybridized carbons (Fsp3) is 0.294. The lowest BCUT2D eigenvalue weighted by molar-refractivity contribution is -0.140. The second kappa shape index (κ2) is 12.2. The molecule has 1 heterocycles. The lowest BCUT2D eigenvalue weighted by Crippen LogP contribution is -2.36. The fourth-order valence-corrected chi connectivity index (χ4v) is 5.59. The number of rotatable bonds is 9. The predicted octanol–water partition coefficient (Wildman–Crippen LogP) is 6.24. The number of carbonyl (C=O) groups is 2. The summed E-state index contributed by atoms with van der Waals surface area (Å²) in [6, 6.07) is 25.5. The van der Waals surface area contributed by atoms with Crippen molar-refractivity contribution in [3.05, 3.63) is 118 Å². The summed E-state index contributed by atoms with van der Waals surface area (Å²) in [5, 5.41) is 3.42. The number of para-hydroxylation sites is 1. The lowest BCUT2D eigenvalue weighted by Gasteiger charge is -2.36. The molecule has 3 aromatic rings. The van der Waals surface area contributed by atoms with Gasteiger partial charge in [-0.05, 0) is 66.6 Å². The molecule has 3 aromatic carbocycles. The molecule has 0 saturated carbocycles. The Morgan fingerprint density at radius 2 is 1.57 bits per heavy atom. The van der Waals surface area contributed by atoms with Crippen molar-refractivity contribution in [3.63, 3.8) is 0 Å². The second-order valence-corrected chi connectivity index (χ2v) is 10.2. The number of aryl methyl sites for hydroxylation is 1. The van der Waals surface area contributed by atoms with Crippen LogP contribution in [0.4, 0.5) is 0 Å². The number of ketones is 1. The molecule has 0 fully saturated rings. The van der Waals surface area contributed by atoms with E-state index in [1.165, 1.54) is 5.56 Å². The molecular formula is C34H35NO5. The van der Waals surface area contributed by atoms with Crippen molar-refractivity contribution < 1.29 is 23.8 Å². The molecule has 0 saturated heterocycles. The summed E-state index contributed by atoms with van der Waals surface area (Å²) in [6.45, 7) is 4.33. The highest BCUT2D eigenvalue weighted by molar-refractivity contribution is 6.04. The number of dihydropyridines is 1. The third-order valence-corrected chi connectivity index (χ3v) is 7.68. The molecule has 6 nitrogen and oxygen atoms in total. The number of hydrogen-bond donors (Lipinski definition) is 1. The van der Waals surface area contributed by atoms with Gasteiger partial charge in [0.25, 0.3) is 0 Å². The molecule has 2 atom stereocenters. The van der Waals surface area contributed by atoms with Gasteiger partial charge in [-0.15, -0.1) is 0 Å². The van der Waals surface area contributed by atoms with E-state index >= 15 is 0 Å². The van der Waals surface area contributed by atoms with E-state index in [0.29, 0.717) is 29.7 Å². The van der Waals surface area contributed by atoms with Gasteiger partial charge in [-0.25, -0.2) is 4.79 Å². The molecule has 6 heteroatoms. The zero-order valence-corrected chi connectivity index (χ0v) is 23.2. The van der Waals surface area contributed by atoms with Gasteiger partial charge in [0.05, 0.1) is 12.7 Å². The molecule has 1 N–H and O–H groups in total. The Morgan fingerprint density at radius 3 is 2.25 bits per heavy atom. The predicted molar refractivity (Wildman–Crippen MR) is 154 cm³/mol. The average molecular weight is 538 g/mol. The Balaban J connectivity index is 1.41. The first-order valence-corrected chi connectivity index (χ1v) is 13.8. The number of Topliss-reactive ketones (excluding diaryl/α,β-unsaturated/α-hetero) is 1. The molecule has 1 aliphatic carbocycles. The van der Waals surface area contributed by atoms with Gasteiger partial charge in [-0.2, -0.15) is 0 Å². The molecule has 0 radical (unpaired) electrons. The minimum absolute atomic E-state index is 0.0456. The standard InChI is InChI=1S/C34H35NO5/c1-4-23-10-12-25(13-11-23)32-31(34(37)40-19-18-39-28-8-6-5-7-9-28)22(2)35-29-20-26(21-30(36)33(29)32)24-14-16-27(38-3)17-15-24/h5-17,26,32,35H,4,18-21H2,1-3H3/t26-,32-/m0/s1. The maximum absolute atomic E-state index is 13.8. The van der Waals surface area contributed by atoms with Crippen LogP contribution in [0.3, 0.4) is 0 Å². The Morgan fingerprint density at radius 1 is 0.875 bits per heavy atom. The van der Waals surface area contributed by atoms with E-state index in [9.17, 15) is 9.59 Å². The van der Waals surface area contributed by atoms with Gasteiger partial charge in [0, 0.05) is 29.3 Å². The summed E-state index contributed by atoms with van der Waals surface area (Å²) in [6.07, 6.45) is 1.97. The molecule has 0 amide bonds. The van der Waals surface area contributed by atoms with Crippen LogP contribution in [0.15, 0.2) is 101 Å². The first-order chi connectivity index (χ1) is 19.5. The lowest BCUT2D eigenvalue weighted by atomic mass is 9.71. The highest BCUT2D eigenvalue weighted by Gasteiger charge is 2.41. The minimum atomic E-state index is -0.492. The van der Waals surface area contributed by atoms with Crippen LogP contribution < -0.4 is 14.8 Å². The van der Waals surface area contributed by atoms with Crippen molar-refractivity contribution in [2.75, 3.05) is 20.3 Å². The first-order valence-electron chi connectivity index (χ1n) is 13.8. The van der Waals surface area contributed by atoms with Crippen LogP contribution in [0.1, 0.15) is 55.2 Å². The Hall–Kier alpha value is -4.32. The number of carbonyl (C=O) groups excluding carboxylic acids is 2. The minimum Gasteiger partial charge on any atom is -0.497 e. The smallest absolute Gasteiger partial charge is 0.336 e. The normalized spacial score (nSPS) is 18.6.